The van der Waals surface area contributed by atoms with Crippen molar-refractivity contribution in [3.63, 3.8) is 0 Å². The van der Waals surface area contributed by atoms with Gasteiger partial charge in [-0.25, -0.2) is 4.79 Å². The highest BCUT2D eigenvalue weighted by molar-refractivity contribution is 5.81. The van der Waals surface area contributed by atoms with E-state index >= 15 is 0 Å². The van der Waals surface area contributed by atoms with Crippen molar-refractivity contribution >= 4 is 11.9 Å². The van der Waals surface area contributed by atoms with Crippen molar-refractivity contribution in [2.24, 2.45) is 5.41 Å². The summed E-state index contributed by atoms with van der Waals surface area (Å²) >= 11 is 0. The van der Waals surface area contributed by atoms with E-state index in [1.807, 2.05) is 0 Å². The van der Waals surface area contributed by atoms with Crippen molar-refractivity contribution in [2.45, 2.75) is 66.4 Å². The molecule has 0 heterocycles. The highest BCUT2D eigenvalue weighted by atomic mass is 16.6. The Kier molecular flexibility index (Phi) is 7.64. The standard InChI is InChI=1S/C14H26O4/c1-6-8-9-10-11(12(15)17-7-2)18-13(16)14(3,4)5/h11H,6-10H2,1-5H3/t11-/m0/s1. The Morgan fingerprint density at radius 2 is 1.72 bits per heavy atom. The van der Waals surface area contributed by atoms with Crippen LogP contribution in [0.15, 0.2) is 0 Å². The maximum atomic E-state index is 11.8. The fraction of sp³-hybridized carbons (Fsp3) is 0.857. The van der Waals surface area contributed by atoms with Gasteiger partial charge in [0, 0.05) is 0 Å². The van der Waals surface area contributed by atoms with Gasteiger partial charge in [-0.1, -0.05) is 19.8 Å². The van der Waals surface area contributed by atoms with Crippen LogP contribution in [0.25, 0.3) is 0 Å². The lowest BCUT2D eigenvalue weighted by Gasteiger charge is -2.22. The highest BCUT2D eigenvalue weighted by Crippen LogP contribution is 2.19. The maximum Gasteiger partial charge on any atom is 0.347 e. The number of rotatable bonds is 7. The molecule has 0 N–H and O–H groups in total. The van der Waals surface area contributed by atoms with Crippen molar-refractivity contribution in [1.82, 2.24) is 0 Å². The van der Waals surface area contributed by atoms with Gasteiger partial charge in [-0.15, -0.1) is 0 Å². The molecule has 0 aliphatic rings. The van der Waals surface area contributed by atoms with E-state index in [1.54, 1.807) is 27.7 Å². The molecule has 1 atom stereocenters. The molecule has 0 radical (unpaired) electrons. The molecule has 4 heteroatoms. The lowest BCUT2D eigenvalue weighted by molar-refractivity contribution is -0.173. The first kappa shape index (κ1) is 16.9. The van der Waals surface area contributed by atoms with Gasteiger partial charge in [0.1, 0.15) is 0 Å². The third-order valence-electron chi connectivity index (χ3n) is 2.48. The minimum atomic E-state index is -0.761. The number of hydrogen-bond acceptors (Lipinski definition) is 4. The SMILES string of the molecule is CCCCC[C@H](OC(=O)C(C)(C)C)C(=O)OCC. The van der Waals surface area contributed by atoms with Crippen LogP contribution in [0.4, 0.5) is 0 Å². The molecule has 0 fully saturated rings. The molecular formula is C14H26O4. The van der Waals surface area contributed by atoms with E-state index < -0.39 is 17.5 Å². The Morgan fingerprint density at radius 3 is 2.17 bits per heavy atom. The molecular weight excluding hydrogens is 232 g/mol. The lowest BCUT2D eigenvalue weighted by Crippen LogP contribution is -2.34. The summed E-state index contributed by atoms with van der Waals surface area (Å²) < 4.78 is 10.2. The summed E-state index contributed by atoms with van der Waals surface area (Å²) in [6, 6.07) is 0. The molecule has 106 valence electrons. The summed E-state index contributed by atoms with van der Waals surface area (Å²) in [6.07, 6.45) is 2.71. The molecule has 0 saturated carbocycles. The van der Waals surface area contributed by atoms with Crippen molar-refractivity contribution in [3.05, 3.63) is 0 Å². The first-order chi connectivity index (χ1) is 8.32. The van der Waals surface area contributed by atoms with Gasteiger partial charge >= 0.3 is 11.9 Å². The number of unbranched alkanes of at least 4 members (excludes halogenated alkanes) is 2. The lowest BCUT2D eigenvalue weighted by atomic mass is 9.97. The summed E-state index contributed by atoms with van der Waals surface area (Å²) in [5.74, 6) is -0.803. The predicted molar refractivity (Wildman–Crippen MR) is 70.1 cm³/mol. The Bertz CT molecular complexity index is 265. The van der Waals surface area contributed by atoms with Gasteiger partial charge in [-0.05, 0) is 40.5 Å². The Hall–Kier alpha value is -1.06. The van der Waals surface area contributed by atoms with E-state index in [4.69, 9.17) is 9.47 Å². The van der Waals surface area contributed by atoms with E-state index in [0.29, 0.717) is 13.0 Å². The molecule has 0 rings (SSSR count). The minimum absolute atomic E-state index is 0.302. The molecule has 4 nitrogen and oxygen atoms in total. The molecule has 0 aromatic rings. The summed E-state index contributed by atoms with van der Waals surface area (Å²) in [5, 5.41) is 0. The van der Waals surface area contributed by atoms with E-state index in [1.165, 1.54) is 0 Å². The minimum Gasteiger partial charge on any atom is -0.463 e. The Morgan fingerprint density at radius 1 is 1.11 bits per heavy atom. The van der Waals surface area contributed by atoms with E-state index in [0.717, 1.165) is 19.3 Å². The van der Waals surface area contributed by atoms with Crippen molar-refractivity contribution in [1.29, 1.82) is 0 Å². The molecule has 18 heavy (non-hydrogen) atoms. The van der Waals surface area contributed by atoms with Gasteiger partial charge in [0.2, 0.25) is 0 Å². The quantitative estimate of drug-likeness (QED) is 0.520. The van der Waals surface area contributed by atoms with Gasteiger partial charge in [0.15, 0.2) is 6.10 Å². The molecule has 0 aromatic carbocycles. The second kappa shape index (κ2) is 8.11. The van der Waals surface area contributed by atoms with Gasteiger partial charge < -0.3 is 9.47 Å². The summed E-state index contributed by atoms with van der Waals surface area (Å²) in [4.78, 5) is 23.5. The van der Waals surface area contributed by atoms with Gasteiger partial charge in [-0.3, -0.25) is 4.79 Å². The smallest absolute Gasteiger partial charge is 0.347 e. The number of carbonyl (C=O) groups is 2. The zero-order valence-corrected chi connectivity index (χ0v) is 12.2. The first-order valence-corrected chi connectivity index (χ1v) is 6.70. The average molecular weight is 258 g/mol. The second-order valence-corrected chi connectivity index (χ2v) is 5.39. The summed E-state index contributed by atoms with van der Waals surface area (Å²) in [5.41, 5.74) is -0.602. The maximum absolute atomic E-state index is 11.8. The normalized spacial score (nSPS) is 12.9. The van der Waals surface area contributed by atoms with E-state index in [9.17, 15) is 9.59 Å². The zero-order chi connectivity index (χ0) is 14.2. The van der Waals surface area contributed by atoms with Crippen LogP contribution in [0.1, 0.15) is 60.3 Å². The Labute approximate surface area is 110 Å². The highest BCUT2D eigenvalue weighted by Gasteiger charge is 2.30. The van der Waals surface area contributed by atoms with Crippen molar-refractivity contribution < 1.29 is 19.1 Å². The van der Waals surface area contributed by atoms with Crippen LogP contribution in [0, 0.1) is 5.41 Å². The zero-order valence-electron chi connectivity index (χ0n) is 12.2. The van der Waals surface area contributed by atoms with Crippen LogP contribution in [-0.2, 0) is 19.1 Å². The fourth-order valence-corrected chi connectivity index (χ4v) is 1.35. The van der Waals surface area contributed by atoms with Crippen LogP contribution in [-0.4, -0.2) is 24.6 Å². The topological polar surface area (TPSA) is 52.6 Å². The van der Waals surface area contributed by atoms with Gasteiger partial charge in [-0.2, -0.15) is 0 Å². The first-order valence-electron chi connectivity index (χ1n) is 6.70. The predicted octanol–water partition coefficient (Wildman–Crippen LogP) is 3.09. The number of ether oxygens (including phenoxy) is 2. The van der Waals surface area contributed by atoms with E-state index in [2.05, 4.69) is 6.92 Å². The Balaban J connectivity index is 4.46. The van der Waals surface area contributed by atoms with Crippen molar-refractivity contribution in [3.8, 4) is 0 Å². The molecule has 0 aliphatic carbocycles. The van der Waals surface area contributed by atoms with Crippen molar-refractivity contribution in [2.75, 3.05) is 6.61 Å². The average Bonchev–Trinajstić information content (AvgIpc) is 2.26. The third kappa shape index (κ3) is 6.62. The van der Waals surface area contributed by atoms with Crippen LogP contribution in [0.3, 0.4) is 0 Å². The molecule has 0 bridgehead atoms. The summed E-state index contributed by atoms with van der Waals surface area (Å²) in [7, 11) is 0. The molecule has 0 spiro atoms. The number of hydrogen-bond donors (Lipinski definition) is 0. The van der Waals surface area contributed by atoms with Gasteiger partial charge in [0.25, 0.3) is 0 Å². The van der Waals surface area contributed by atoms with E-state index in [-0.39, 0.29) is 5.97 Å². The second-order valence-electron chi connectivity index (χ2n) is 5.39. The molecule has 0 unspecified atom stereocenters. The summed E-state index contributed by atoms with van der Waals surface area (Å²) in [6.45, 7) is 9.43. The molecule has 0 aromatic heterocycles. The van der Waals surface area contributed by atoms with Gasteiger partial charge in [0.05, 0.1) is 12.0 Å². The van der Waals surface area contributed by atoms with Crippen LogP contribution < -0.4 is 0 Å². The van der Waals surface area contributed by atoms with Crippen LogP contribution in [0.2, 0.25) is 0 Å². The van der Waals surface area contributed by atoms with Crippen LogP contribution >= 0.6 is 0 Å². The largest absolute Gasteiger partial charge is 0.463 e. The monoisotopic (exact) mass is 258 g/mol. The fourth-order valence-electron chi connectivity index (χ4n) is 1.35. The third-order valence-corrected chi connectivity index (χ3v) is 2.48. The number of esters is 2. The molecule has 0 aliphatic heterocycles. The number of carbonyl (C=O) groups excluding carboxylic acids is 2. The molecule has 0 saturated heterocycles. The molecule has 0 amide bonds. The van der Waals surface area contributed by atoms with Crippen LogP contribution in [0.5, 0.6) is 0 Å².